The third-order valence-corrected chi connectivity index (χ3v) is 4.73. The minimum atomic E-state index is -0.571. The Labute approximate surface area is 174 Å². The topological polar surface area (TPSA) is 119 Å². The summed E-state index contributed by atoms with van der Waals surface area (Å²) in [5.74, 6) is 0.654. The first-order valence-corrected chi connectivity index (χ1v) is 9.63. The monoisotopic (exact) mass is 411 g/mol. The molecule has 2 N–H and O–H groups in total. The second-order valence-corrected chi connectivity index (χ2v) is 7.28. The molecular formula is C21H25N5O4. The van der Waals surface area contributed by atoms with Gasteiger partial charge in [0.2, 0.25) is 0 Å². The van der Waals surface area contributed by atoms with Crippen LogP contribution in [0.15, 0.2) is 28.8 Å². The van der Waals surface area contributed by atoms with E-state index in [0.717, 1.165) is 5.39 Å². The van der Waals surface area contributed by atoms with Crippen LogP contribution in [-0.2, 0) is 16.1 Å². The Balaban J connectivity index is 1.89. The number of aromatic nitrogens is 3. The molecule has 0 aliphatic heterocycles. The number of rotatable bonds is 7. The maximum atomic E-state index is 12.5. The average Bonchev–Trinajstić information content (AvgIpc) is 3.07. The van der Waals surface area contributed by atoms with Crippen molar-refractivity contribution in [3.8, 4) is 0 Å². The first kappa shape index (κ1) is 21.2. The van der Waals surface area contributed by atoms with Gasteiger partial charge in [-0.1, -0.05) is 31.1 Å². The average molecular weight is 411 g/mol. The van der Waals surface area contributed by atoms with Gasteiger partial charge in [-0.05, 0) is 31.9 Å². The van der Waals surface area contributed by atoms with Crippen molar-refractivity contribution >= 4 is 28.6 Å². The molecule has 9 nitrogen and oxygen atoms in total. The Kier molecular flexibility index (Phi) is 6.29. The lowest BCUT2D eigenvalue weighted by atomic mass is 10.0. The summed E-state index contributed by atoms with van der Waals surface area (Å²) in [7, 11) is 1.35. The lowest BCUT2D eigenvalue weighted by molar-refractivity contribution is -0.142. The van der Waals surface area contributed by atoms with Crippen molar-refractivity contribution < 1.29 is 18.8 Å². The van der Waals surface area contributed by atoms with Gasteiger partial charge in [0.15, 0.2) is 5.82 Å². The molecule has 0 saturated carbocycles. The second-order valence-electron chi connectivity index (χ2n) is 7.28. The maximum absolute atomic E-state index is 12.5. The summed E-state index contributed by atoms with van der Waals surface area (Å²) in [6.45, 7) is 7.33. The van der Waals surface area contributed by atoms with E-state index in [1.54, 1.807) is 13.8 Å². The minimum Gasteiger partial charge on any atom is -0.467 e. The van der Waals surface area contributed by atoms with Crippen molar-refractivity contribution in [2.75, 3.05) is 12.4 Å². The van der Waals surface area contributed by atoms with Crippen LogP contribution in [-0.4, -0.2) is 40.2 Å². The number of carbonyl (C=O) groups excluding carboxylic acids is 2. The van der Waals surface area contributed by atoms with Crippen LogP contribution in [0.25, 0.3) is 10.9 Å². The van der Waals surface area contributed by atoms with Crippen LogP contribution >= 0.6 is 0 Å². The van der Waals surface area contributed by atoms with E-state index >= 15 is 0 Å². The number of nitrogens with zero attached hydrogens (tertiary/aromatic N) is 3. The van der Waals surface area contributed by atoms with Crippen LogP contribution in [0.3, 0.4) is 0 Å². The molecule has 0 aliphatic carbocycles. The summed E-state index contributed by atoms with van der Waals surface area (Å²) in [4.78, 5) is 33.8. The molecule has 1 amide bonds. The Morgan fingerprint density at radius 3 is 2.53 bits per heavy atom. The summed E-state index contributed by atoms with van der Waals surface area (Å²) < 4.78 is 9.96. The highest BCUT2D eigenvalue weighted by Crippen LogP contribution is 2.23. The summed E-state index contributed by atoms with van der Waals surface area (Å²) in [6, 6.07) is 6.89. The lowest BCUT2D eigenvalue weighted by Crippen LogP contribution is -2.36. The molecule has 0 spiro atoms. The number of esters is 1. The Morgan fingerprint density at radius 1 is 1.17 bits per heavy atom. The lowest BCUT2D eigenvalue weighted by Gasteiger charge is -2.21. The van der Waals surface area contributed by atoms with Gasteiger partial charge in [0.05, 0.1) is 24.9 Å². The number of anilines is 1. The van der Waals surface area contributed by atoms with Crippen molar-refractivity contribution in [1.29, 1.82) is 0 Å². The van der Waals surface area contributed by atoms with Crippen LogP contribution < -0.4 is 10.6 Å². The number of amides is 1. The number of hydrogen-bond acceptors (Lipinski definition) is 8. The van der Waals surface area contributed by atoms with E-state index in [1.165, 1.54) is 7.11 Å². The zero-order valence-electron chi connectivity index (χ0n) is 17.6. The second kappa shape index (κ2) is 8.89. The highest BCUT2D eigenvalue weighted by Gasteiger charge is 2.24. The van der Waals surface area contributed by atoms with Gasteiger partial charge in [-0.15, -0.1) is 0 Å². The number of benzene rings is 1. The van der Waals surface area contributed by atoms with E-state index in [0.29, 0.717) is 34.2 Å². The van der Waals surface area contributed by atoms with Crippen LogP contribution in [0.5, 0.6) is 0 Å². The van der Waals surface area contributed by atoms with Crippen LogP contribution in [0.1, 0.15) is 41.5 Å². The molecule has 2 heterocycles. The van der Waals surface area contributed by atoms with Crippen molar-refractivity contribution in [1.82, 2.24) is 20.4 Å². The normalized spacial score (nSPS) is 12.1. The molecule has 9 heteroatoms. The Hall–Kier alpha value is -3.49. The molecule has 0 radical (unpaired) electrons. The fraction of sp³-hybridized carbons (Fsp3) is 0.381. The molecule has 1 unspecified atom stereocenters. The van der Waals surface area contributed by atoms with E-state index in [2.05, 4.69) is 25.8 Å². The third-order valence-electron chi connectivity index (χ3n) is 4.73. The summed E-state index contributed by atoms with van der Waals surface area (Å²) in [6.07, 6.45) is 0. The SMILES string of the molecule is COC(=O)C(Nc1nc(CNC(=O)c2c(C)noc2C)nc2ccccc12)C(C)C. The van der Waals surface area contributed by atoms with E-state index in [-0.39, 0.29) is 24.3 Å². The summed E-state index contributed by atoms with van der Waals surface area (Å²) in [5.41, 5.74) is 1.62. The summed E-state index contributed by atoms with van der Waals surface area (Å²) >= 11 is 0. The van der Waals surface area contributed by atoms with Crippen LogP contribution in [0.4, 0.5) is 5.82 Å². The zero-order chi connectivity index (χ0) is 21.8. The van der Waals surface area contributed by atoms with Crippen LogP contribution in [0, 0.1) is 19.8 Å². The van der Waals surface area contributed by atoms with E-state index in [4.69, 9.17) is 9.26 Å². The number of para-hydroxylation sites is 1. The molecule has 3 aromatic rings. The highest BCUT2D eigenvalue weighted by atomic mass is 16.5. The van der Waals surface area contributed by atoms with Crippen molar-refractivity contribution in [2.45, 2.75) is 40.3 Å². The van der Waals surface area contributed by atoms with Gasteiger partial charge in [0.1, 0.15) is 23.2 Å². The first-order chi connectivity index (χ1) is 14.3. The number of hydrogen-bond donors (Lipinski definition) is 2. The number of carbonyl (C=O) groups is 2. The molecule has 3 rings (SSSR count). The van der Waals surface area contributed by atoms with Gasteiger partial charge in [0.25, 0.3) is 5.91 Å². The fourth-order valence-electron chi connectivity index (χ4n) is 3.14. The maximum Gasteiger partial charge on any atom is 0.328 e. The van der Waals surface area contributed by atoms with Crippen molar-refractivity contribution in [2.24, 2.45) is 5.92 Å². The minimum absolute atomic E-state index is 0.0196. The molecule has 0 aliphatic rings. The quantitative estimate of drug-likeness (QED) is 0.570. The van der Waals surface area contributed by atoms with Gasteiger partial charge in [0, 0.05) is 5.39 Å². The molecule has 30 heavy (non-hydrogen) atoms. The smallest absolute Gasteiger partial charge is 0.328 e. The first-order valence-electron chi connectivity index (χ1n) is 9.63. The number of ether oxygens (including phenoxy) is 1. The molecule has 0 fully saturated rings. The molecule has 158 valence electrons. The van der Waals surface area contributed by atoms with E-state index < -0.39 is 6.04 Å². The molecule has 2 aromatic heterocycles. The van der Waals surface area contributed by atoms with Gasteiger partial charge in [-0.25, -0.2) is 14.8 Å². The highest BCUT2D eigenvalue weighted by molar-refractivity contribution is 5.96. The molecule has 0 bridgehead atoms. The molecule has 1 atom stereocenters. The predicted octanol–water partition coefficient (Wildman–Crippen LogP) is 2.77. The Bertz CT molecular complexity index is 1060. The number of fused-ring (bicyclic) bond motifs is 1. The predicted molar refractivity (Wildman–Crippen MR) is 111 cm³/mol. The fourth-order valence-corrected chi connectivity index (χ4v) is 3.14. The van der Waals surface area contributed by atoms with Gasteiger partial charge in [-0.3, -0.25) is 4.79 Å². The van der Waals surface area contributed by atoms with Gasteiger partial charge < -0.3 is 19.9 Å². The van der Waals surface area contributed by atoms with E-state index in [1.807, 2.05) is 38.1 Å². The van der Waals surface area contributed by atoms with Crippen molar-refractivity contribution in [3.05, 3.63) is 47.1 Å². The zero-order valence-corrected chi connectivity index (χ0v) is 17.6. The van der Waals surface area contributed by atoms with Crippen LogP contribution in [0.2, 0.25) is 0 Å². The standard InChI is InChI=1S/C21H25N5O4/c1-11(2)18(21(28)29-5)25-19-14-8-6-7-9-15(14)23-16(24-19)10-22-20(27)17-12(3)26-30-13(17)4/h6-9,11,18H,10H2,1-5H3,(H,22,27)(H,23,24,25). The van der Waals surface area contributed by atoms with Gasteiger partial charge >= 0.3 is 5.97 Å². The summed E-state index contributed by atoms with van der Waals surface area (Å²) in [5, 5.41) is 10.6. The molecule has 0 saturated heterocycles. The third kappa shape index (κ3) is 4.40. The molecular weight excluding hydrogens is 386 g/mol. The number of methoxy groups -OCH3 is 1. The van der Waals surface area contributed by atoms with Gasteiger partial charge in [-0.2, -0.15) is 0 Å². The number of nitrogens with one attached hydrogen (secondary N) is 2. The van der Waals surface area contributed by atoms with E-state index in [9.17, 15) is 9.59 Å². The van der Waals surface area contributed by atoms with Crippen molar-refractivity contribution in [3.63, 3.8) is 0 Å². The number of aryl methyl sites for hydroxylation is 2. The Morgan fingerprint density at radius 2 is 1.90 bits per heavy atom. The largest absolute Gasteiger partial charge is 0.467 e. The molecule has 1 aromatic carbocycles.